The van der Waals surface area contributed by atoms with E-state index in [0.29, 0.717) is 27.7 Å². The zero-order valence-corrected chi connectivity index (χ0v) is 12.6. The minimum absolute atomic E-state index is 0.0383. The predicted molar refractivity (Wildman–Crippen MR) is 85.9 cm³/mol. The van der Waals surface area contributed by atoms with Gasteiger partial charge in [-0.25, -0.2) is 13.8 Å². The predicted octanol–water partition coefficient (Wildman–Crippen LogP) is 2.92. The summed E-state index contributed by atoms with van der Waals surface area (Å²) in [7, 11) is 0. The molecule has 0 radical (unpaired) electrons. The molecule has 0 fully saturated rings. The largest absolute Gasteiger partial charge is 0.327 e. The van der Waals surface area contributed by atoms with E-state index < -0.39 is 11.6 Å². The summed E-state index contributed by atoms with van der Waals surface area (Å²) in [6.07, 6.45) is 5.34. The first-order valence-electron chi connectivity index (χ1n) is 7.17. The van der Waals surface area contributed by atoms with Gasteiger partial charge in [0.15, 0.2) is 0 Å². The van der Waals surface area contributed by atoms with Gasteiger partial charge in [-0.05, 0) is 24.3 Å². The Morgan fingerprint density at radius 2 is 2.17 bits per heavy atom. The first kappa shape index (κ1) is 15.8. The van der Waals surface area contributed by atoms with Crippen LogP contribution in [-0.2, 0) is 6.54 Å². The molecule has 0 bridgehead atoms. The lowest BCUT2D eigenvalue weighted by Crippen LogP contribution is -2.00. The van der Waals surface area contributed by atoms with Crippen LogP contribution in [-0.4, -0.2) is 21.1 Å². The third-order valence-electron chi connectivity index (χ3n) is 3.53. The highest BCUT2D eigenvalue weighted by Crippen LogP contribution is 2.29. The second-order valence-corrected chi connectivity index (χ2v) is 5.15. The van der Waals surface area contributed by atoms with E-state index in [2.05, 4.69) is 16.0 Å². The number of benzene rings is 1. The average Bonchev–Trinajstić information content (AvgIpc) is 2.97. The second kappa shape index (κ2) is 6.56. The summed E-state index contributed by atoms with van der Waals surface area (Å²) >= 11 is 0. The lowest BCUT2D eigenvalue weighted by molar-refractivity contribution is 0.558. The second-order valence-electron chi connectivity index (χ2n) is 5.15. The number of imidazole rings is 1. The first-order valence-corrected chi connectivity index (χ1v) is 7.17. The number of halogens is 2. The van der Waals surface area contributed by atoms with Gasteiger partial charge in [-0.3, -0.25) is 4.98 Å². The van der Waals surface area contributed by atoms with E-state index in [9.17, 15) is 14.0 Å². The van der Waals surface area contributed by atoms with E-state index in [0.717, 1.165) is 6.20 Å². The standard InChI is InChI=1S/C17H13F2N5/c18-13(1-2-20)9-24-10-23-17-15(3-11(6-21)4-16(17)24)12-5-14(19)8-22-7-12/h1,3-5,7-8,10H,2,9,20H2/b13-1-. The maximum absolute atomic E-state index is 13.8. The Hall–Kier alpha value is -3.11. The molecule has 0 unspecified atom stereocenters. The average molecular weight is 325 g/mol. The molecule has 24 heavy (non-hydrogen) atoms. The molecule has 2 aromatic heterocycles. The van der Waals surface area contributed by atoms with Crippen LogP contribution in [0.25, 0.3) is 22.2 Å². The fraction of sp³-hybridized carbons (Fsp3) is 0.118. The number of nitriles is 1. The molecule has 5 nitrogen and oxygen atoms in total. The number of nitrogens with two attached hydrogens (primary N) is 1. The molecule has 0 atom stereocenters. The van der Waals surface area contributed by atoms with Gasteiger partial charge in [-0.1, -0.05) is 0 Å². The van der Waals surface area contributed by atoms with Crippen molar-refractivity contribution in [3.63, 3.8) is 0 Å². The Morgan fingerprint density at radius 3 is 2.88 bits per heavy atom. The van der Waals surface area contributed by atoms with Crippen LogP contribution in [0.5, 0.6) is 0 Å². The van der Waals surface area contributed by atoms with Crippen molar-refractivity contribution < 1.29 is 8.78 Å². The molecule has 0 aliphatic heterocycles. The molecule has 1 aromatic carbocycles. The summed E-state index contributed by atoms with van der Waals surface area (Å²) in [5.74, 6) is -0.882. The fourth-order valence-electron chi connectivity index (χ4n) is 2.49. The maximum Gasteiger partial charge on any atom is 0.142 e. The van der Waals surface area contributed by atoms with Crippen LogP contribution < -0.4 is 5.73 Å². The summed E-state index contributed by atoms with van der Waals surface area (Å²) in [5.41, 5.74) is 7.86. The van der Waals surface area contributed by atoms with E-state index >= 15 is 0 Å². The van der Waals surface area contributed by atoms with Gasteiger partial charge in [0.25, 0.3) is 0 Å². The molecule has 0 amide bonds. The van der Waals surface area contributed by atoms with Crippen molar-refractivity contribution in [1.82, 2.24) is 14.5 Å². The van der Waals surface area contributed by atoms with Crippen LogP contribution in [0.15, 0.2) is 48.8 Å². The van der Waals surface area contributed by atoms with E-state index in [1.54, 1.807) is 16.7 Å². The Balaban J connectivity index is 2.19. The minimum atomic E-state index is -0.487. The Labute approximate surface area is 136 Å². The molecule has 0 spiro atoms. The third kappa shape index (κ3) is 3.00. The SMILES string of the molecule is N#Cc1cc(-c2cncc(F)c2)c2ncn(C/C(F)=C/CN)c2c1. The molecule has 0 saturated carbocycles. The maximum atomic E-state index is 13.8. The third-order valence-corrected chi connectivity index (χ3v) is 3.53. The van der Waals surface area contributed by atoms with Gasteiger partial charge >= 0.3 is 0 Å². The van der Waals surface area contributed by atoms with E-state index in [1.165, 1.54) is 24.7 Å². The number of rotatable bonds is 4. The molecule has 0 saturated heterocycles. The monoisotopic (exact) mass is 325 g/mol. The molecule has 2 N–H and O–H groups in total. The quantitative estimate of drug-likeness (QED) is 0.800. The van der Waals surface area contributed by atoms with Crippen molar-refractivity contribution in [2.75, 3.05) is 6.54 Å². The molecule has 0 aliphatic carbocycles. The van der Waals surface area contributed by atoms with Crippen LogP contribution in [0.4, 0.5) is 8.78 Å². The van der Waals surface area contributed by atoms with Gasteiger partial charge in [-0.2, -0.15) is 5.26 Å². The number of nitrogens with zero attached hydrogens (tertiary/aromatic N) is 4. The van der Waals surface area contributed by atoms with Gasteiger partial charge in [0.1, 0.15) is 11.6 Å². The van der Waals surface area contributed by atoms with E-state index in [1.807, 2.05) is 0 Å². The number of pyridine rings is 1. The molecule has 7 heteroatoms. The molecule has 3 aromatic rings. The first-order chi connectivity index (χ1) is 11.6. The summed E-state index contributed by atoms with van der Waals surface area (Å²) in [6, 6.07) is 6.60. The molecule has 0 aliphatic rings. The van der Waals surface area contributed by atoms with Crippen molar-refractivity contribution in [2.45, 2.75) is 6.54 Å². The van der Waals surface area contributed by atoms with Crippen molar-refractivity contribution in [2.24, 2.45) is 5.73 Å². The van der Waals surface area contributed by atoms with Gasteiger partial charge in [0.05, 0.1) is 41.7 Å². The molecule has 120 valence electrons. The van der Waals surface area contributed by atoms with Crippen LogP contribution in [0.2, 0.25) is 0 Å². The lowest BCUT2D eigenvalue weighted by Gasteiger charge is -2.06. The fourth-order valence-corrected chi connectivity index (χ4v) is 2.49. The van der Waals surface area contributed by atoms with Crippen molar-refractivity contribution in [3.05, 3.63) is 60.2 Å². The van der Waals surface area contributed by atoms with Gasteiger partial charge in [0.2, 0.25) is 0 Å². The highest BCUT2D eigenvalue weighted by Gasteiger charge is 2.13. The topological polar surface area (TPSA) is 80.5 Å². The minimum Gasteiger partial charge on any atom is -0.327 e. The summed E-state index contributed by atoms with van der Waals surface area (Å²) in [5, 5.41) is 9.25. The molecule has 3 rings (SSSR count). The van der Waals surface area contributed by atoms with Gasteiger partial charge < -0.3 is 10.3 Å². The van der Waals surface area contributed by atoms with Crippen LogP contribution in [0, 0.1) is 17.1 Å². The number of aromatic nitrogens is 3. The Kier molecular flexibility index (Phi) is 4.31. The van der Waals surface area contributed by atoms with Gasteiger partial charge in [-0.15, -0.1) is 0 Å². The highest BCUT2D eigenvalue weighted by atomic mass is 19.1. The summed E-state index contributed by atoms with van der Waals surface area (Å²) in [4.78, 5) is 8.12. The van der Waals surface area contributed by atoms with Crippen molar-refractivity contribution >= 4 is 11.0 Å². The van der Waals surface area contributed by atoms with E-state index in [-0.39, 0.29) is 13.1 Å². The number of hydrogen-bond donors (Lipinski definition) is 1. The number of allylic oxidation sites excluding steroid dienone is 1. The van der Waals surface area contributed by atoms with Crippen LogP contribution >= 0.6 is 0 Å². The van der Waals surface area contributed by atoms with Crippen LogP contribution in [0.3, 0.4) is 0 Å². The van der Waals surface area contributed by atoms with Crippen LogP contribution in [0.1, 0.15) is 5.56 Å². The molecular weight excluding hydrogens is 312 g/mol. The highest BCUT2D eigenvalue weighted by molar-refractivity contribution is 5.93. The Bertz CT molecular complexity index is 969. The van der Waals surface area contributed by atoms with Gasteiger partial charge in [0, 0.05) is 23.9 Å². The lowest BCUT2D eigenvalue weighted by atomic mass is 10.0. The number of fused-ring (bicyclic) bond motifs is 1. The Morgan fingerprint density at radius 1 is 1.33 bits per heavy atom. The zero-order valence-electron chi connectivity index (χ0n) is 12.6. The molecule has 2 heterocycles. The smallest absolute Gasteiger partial charge is 0.142 e. The number of hydrogen-bond acceptors (Lipinski definition) is 4. The zero-order chi connectivity index (χ0) is 17.1. The summed E-state index contributed by atoms with van der Waals surface area (Å²) < 4.78 is 28.8. The van der Waals surface area contributed by atoms with E-state index in [4.69, 9.17) is 5.73 Å². The van der Waals surface area contributed by atoms with Crippen molar-refractivity contribution in [1.29, 1.82) is 5.26 Å². The van der Waals surface area contributed by atoms with Crippen molar-refractivity contribution in [3.8, 4) is 17.2 Å². The summed E-state index contributed by atoms with van der Waals surface area (Å²) in [6.45, 7) is 0.0611. The molecular formula is C17H13F2N5. The normalized spacial score (nSPS) is 11.7.